The molecule has 33 heavy (non-hydrogen) atoms. The van der Waals surface area contributed by atoms with Crippen LogP contribution in [0, 0.1) is 0 Å². The maximum absolute atomic E-state index is 13.9. The fraction of sp³-hybridized carbons (Fsp3) is 0.250. The lowest BCUT2D eigenvalue weighted by molar-refractivity contribution is 0.105. The molecule has 0 saturated heterocycles. The molecule has 0 heterocycles. The molecule has 3 aromatic rings. The molecule has 5 nitrogen and oxygen atoms in total. The SMILES string of the molecule is CCc1cc(C(=O)/C(=C/N(C)C)c2ccc(OC)cc2)c(OCc2ccccc2)cc1OC. The Morgan fingerprint density at radius 2 is 1.61 bits per heavy atom. The first-order valence-electron chi connectivity index (χ1n) is 10.9. The number of benzene rings is 3. The van der Waals surface area contributed by atoms with Gasteiger partial charge in [0.1, 0.15) is 23.9 Å². The van der Waals surface area contributed by atoms with Crippen molar-refractivity contribution in [3.05, 3.63) is 95.2 Å². The highest BCUT2D eigenvalue weighted by Crippen LogP contribution is 2.34. The topological polar surface area (TPSA) is 48.0 Å². The van der Waals surface area contributed by atoms with E-state index in [0.29, 0.717) is 29.2 Å². The standard InChI is InChI=1S/C28H31NO4/c1-6-21-16-24(27(17-26(21)32-5)33-19-20-10-8-7-9-11-20)28(30)25(18-29(2)3)22-12-14-23(31-4)15-13-22/h7-18H,6,19H2,1-5H3/b25-18+. The second-order valence-corrected chi connectivity index (χ2v) is 7.85. The monoisotopic (exact) mass is 445 g/mol. The Morgan fingerprint density at radius 3 is 2.18 bits per heavy atom. The van der Waals surface area contributed by atoms with Gasteiger partial charge in [0.25, 0.3) is 0 Å². The lowest BCUT2D eigenvalue weighted by Crippen LogP contribution is -2.12. The van der Waals surface area contributed by atoms with E-state index in [2.05, 4.69) is 0 Å². The first-order chi connectivity index (χ1) is 16.0. The van der Waals surface area contributed by atoms with Crippen LogP contribution in [0.15, 0.2) is 72.9 Å². The molecule has 0 atom stereocenters. The van der Waals surface area contributed by atoms with Crippen LogP contribution in [0.3, 0.4) is 0 Å². The minimum Gasteiger partial charge on any atom is -0.497 e. The van der Waals surface area contributed by atoms with Crippen LogP contribution < -0.4 is 14.2 Å². The number of Topliss-reactive ketones (excluding diaryl/α,β-unsaturated/α-hetero) is 1. The predicted octanol–water partition coefficient (Wildman–Crippen LogP) is 5.63. The number of rotatable bonds is 10. The van der Waals surface area contributed by atoms with E-state index in [1.165, 1.54) is 0 Å². The fourth-order valence-electron chi connectivity index (χ4n) is 3.54. The van der Waals surface area contributed by atoms with Gasteiger partial charge >= 0.3 is 0 Å². The number of carbonyl (C=O) groups is 1. The zero-order valence-corrected chi connectivity index (χ0v) is 19.9. The molecule has 0 aliphatic carbocycles. The summed E-state index contributed by atoms with van der Waals surface area (Å²) in [5.41, 5.74) is 3.85. The van der Waals surface area contributed by atoms with Gasteiger partial charge in [-0.15, -0.1) is 0 Å². The number of aryl methyl sites for hydroxylation is 1. The highest BCUT2D eigenvalue weighted by molar-refractivity contribution is 6.29. The summed E-state index contributed by atoms with van der Waals surface area (Å²) in [6.45, 7) is 2.39. The van der Waals surface area contributed by atoms with Gasteiger partial charge in [-0.25, -0.2) is 0 Å². The smallest absolute Gasteiger partial charge is 0.198 e. The van der Waals surface area contributed by atoms with Crippen molar-refractivity contribution >= 4 is 11.4 Å². The third-order valence-electron chi connectivity index (χ3n) is 5.28. The number of allylic oxidation sites excluding steroid dienone is 1. The van der Waals surface area contributed by atoms with Crippen molar-refractivity contribution in [3.63, 3.8) is 0 Å². The van der Waals surface area contributed by atoms with E-state index >= 15 is 0 Å². The van der Waals surface area contributed by atoms with Gasteiger partial charge in [-0.05, 0) is 41.3 Å². The molecule has 3 rings (SSSR count). The molecule has 0 aliphatic rings. The van der Waals surface area contributed by atoms with Crippen LogP contribution >= 0.6 is 0 Å². The van der Waals surface area contributed by atoms with E-state index in [0.717, 1.165) is 28.9 Å². The molecule has 0 aromatic heterocycles. The van der Waals surface area contributed by atoms with Crippen LogP contribution in [0.4, 0.5) is 0 Å². The van der Waals surface area contributed by atoms with Crippen molar-refractivity contribution in [3.8, 4) is 17.2 Å². The van der Waals surface area contributed by atoms with Crippen LogP contribution in [0.5, 0.6) is 17.2 Å². The van der Waals surface area contributed by atoms with Crippen LogP contribution in [0.25, 0.3) is 5.57 Å². The zero-order chi connectivity index (χ0) is 23.8. The zero-order valence-electron chi connectivity index (χ0n) is 19.9. The van der Waals surface area contributed by atoms with E-state index in [4.69, 9.17) is 14.2 Å². The normalized spacial score (nSPS) is 11.1. The summed E-state index contributed by atoms with van der Waals surface area (Å²) in [7, 11) is 7.05. The van der Waals surface area contributed by atoms with Gasteiger partial charge in [-0.2, -0.15) is 0 Å². The number of ketones is 1. The van der Waals surface area contributed by atoms with Crippen molar-refractivity contribution in [1.29, 1.82) is 0 Å². The van der Waals surface area contributed by atoms with Gasteiger partial charge in [0, 0.05) is 31.9 Å². The summed E-state index contributed by atoms with van der Waals surface area (Å²) in [5, 5.41) is 0. The third-order valence-corrected chi connectivity index (χ3v) is 5.28. The van der Waals surface area contributed by atoms with E-state index < -0.39 is 0 Å². The van der Waals surface area contributed by atoms with Gasteiger partial charge < -0.3 is 19.1 Å². The van der Waals surface area contributed by atoms with Crippen LogP contribution in [-0.4, -0.2) is 39.0 Å². The van der Waals surface area contributed by atoms with Crippen molar-refractivity contribution in [2.75, 3.05) is 28.3 Å². The summed E-state index contributed by atoms with van der Waals surface area (Å²) in [5.74, 6) is 1.82. The lowest BCUT2D eigenvalue weighted by Gasteiger charge is -2.18. The number of carbonyl (C=O) groups excluding carboxylic acids is 1. The highest BCUT2D eigenvalue weighted by atomic mass is 16.5. The first kappa shape index (κ1) is 23.9. The van der Waals surface area contributed by atoms with Gasteiger partial charge in [0.15, 0.2) is 5.78 Å². The Morgan fingerprint density at radius 1 is 0.909 bits per heavy atom. The molecule has 0 N–H and O–H groups in total. The molecule has 5 heteroatoms. The van der Waals surface area contributed by atoms with E-state index in [9.17, 15) is 4.79 Å². The van der Waals surface area contributed by atoms with Crippen LogP contribution in [0.1, 0.15) is 34.0 Å². The third kappa shape index (κ3) is 5.95. The van der Waals surface area contributed by atoms with Gasteiger partial charge in [-0.1, -0.05) is 49.4 Å². The Kier molecular flexibility index (Phi) is 8.14. The molecule has 0 spiro atoms. The van der Waals surface area contributed by atoms with Crippen molar-refractivity contribution in [1.82, 2.24) is 4.90 Å². The summed E-state index contributed by atoms with van der Waals surface area (Å²) in [4.78, 5) is 15.8. The Labute approximate surface area is 196 Å². The molecule has 0 unspecified atom stereocenters. The second kappa shape index (κ2) is 11.2. The minimum absolute atomic E-state index is 0.116. The molecule has 0 aliphatic heterocycles. The summed E-state index contributed by atoms with van der Waals surface area (Å²) in [6, 6.07) is 21.1. The first-order valence-corrected chi connectivity index (χ1v) is 10.9. The molecular formula is C28H31NO4. The number of ether oxygens (including phenoxy) is 3. The number of nitrogens with zero attached hydrogens (tertiary/aromatic N) is 1. The van der Waals surface area contributed by atoms with Crippen molar-refractivity contribution in [2.45, 2.75) is 20.0 Å². The molecule has 0 bridgehead atoms. The van der Waals surface area contributed by atoms with Crippen molar-refractivity contribution < 1.29 is 19.0 Å². The summed E-state index contributed by atoms with van der Waals surface area (Å²) >= 11 is 0. The van der Waals surface area contributed by atoms with Crippen molar-refractivity contribution in [2.24, 2.45) is 0 Å². The molecule has 3 aromatic carbocycles. The minimum atomic E-state index is -0.116. The fourth-order valence-corrected chi connectivity index (χ4v) is 3.54. The summed E-state index contributed by atoms with van der Waals surface area (Å²) < 4.78 is 17.0. The molecule has 0 amide bonds. The number of methoxy groups -OCH3 is 2. The quantitative estimate of drug-likeness (QED) is 0.299. The van der Waals surface area contributed by atoms with Gasteiger partial charge in [-0.3, -0.25) is 4.79 Å². The molecular weight excluding hydrogens is 414 g/mol. The molecule has 172 valence electrons. The number of hydrogen-bond donors (Lipinski definition) is 0. The van der Waals surface area contributed by atoms with E-state index in [1.54, 1.807) is 14.2 Å². The molecule has 0 saturated carbocycles. The maximum atomic E-state index is 13.9. The predicted molar refractivity (Wildman–Crippen MR) is 132 cm³/mol. The van der Waals surface area contributed by atoms with Crippen LogP contribution in [-0.2, 0) is 13.0 Å². The van der Waals surface area contributed by atoms with E-state index in [1.807, 2.05) is 98.8 Å². The van der Waals surface area contributed by atoms with Gasteiger partial charge in [0.2, 0.25) is 0 Å². The Balaban J connectivity index is 2.06. The lowest BCUT2D eigenvalue weighted by atomic mass is 9.94. The summed E-state index contributed by atoms with van der Waals surface area (Å²) in [6.07, 6.45) is 2.57. The largest absolute Gasteiger partial charge is 0.497 e. The molecule has 0 radical (unpaired) electrons. The average molecular weight is 446 g/mol. The second-order valence-electron chi connectivity index (χ2n) is 7.85. The Hall–Kier alpha value is -3.73. The van der Waals surface area contributed by atoms with E-state index in [-0.39, 0.29) is 5.78 Å². The van der Waals surface area contributed by atoms with Crippen LogP contribution in [0.2, 0.25) is 0 Å². The maximum Gasteiger partial charge on any atom is 0.198 e. The van der Waals surface area contributed by atoms with Gasteiger partial charge in [0.05, 0.1) is 19.8 Å². The average Bonchev–Trinajstić information content (AvgIpc) is 2.85. The Bertz CT molecular complexity index is 1100. The molecule has 0 fully saturated rings. The highest BCUT2D eigenvalue weighted by Gasteiger charge is 2.22. The number of hydrogen-bond acceptors (Lipinski definition) is 5.